The number of fused-ring (bicyclic) bond motifs is 1. The monoisotopic (exact) mass is 401 g/mol. The van der Waals surface area contributed by atoms with Crippen LogP contribution in [0.2, 0.25) is 2.82 Å². The Hall–Kier alpha value is -3.49. The van der Waals surface area contributed by atoms with E-state index in [0.29, 0.717) is 0 Å². The van der Waals surface area contributed by atoms with Crippen molar-refractivity contribution >= 4 is 28.6 Å². The van der Waals surface area contributed by atoms with Crippen molar-refractivity contribution < 1.29 is 43.4 Å². The van der Waals surface area contributed by atoms with Gasteiger partial charge in [0.2, 0.25) is 5.95 Å². The van der Waals surface area contributed by atoms with Gasteiger partial charge in [-0.25, -0.2) is 4.98 Å². The van der Waals surface area contributed by atoms with Crippen LogP contribution < -0.4 is 20.1 Å². The van der Waals surface area contributed by atoms with Crippen molar-refractivity contribution in [2.24, 2.45) is 0 Å². The quantitative estimate of drug-likeness (QED) is 0.689. The summed E-state index contributed by atoms with van der Waals surface area (Å²) in [4.78, 5) is 20.0. The number of aromatic nitrogens is 2. The zero-order valence-electron chi connectivity index (χ0n) is 31.6. The van der Waals surface area contributed by atoms with Crippen LogP contribution in [-0.4, -0.2) is 60.8 Å². The summed E-state index contributed by atoms with van der Waals surface area (Å²) in [6, 6.07) is -0.128. The van der Waals surface area contributed by atoms with Gasteiger partial charge in [-0.15, -0.1) is 0 Å². The highest BCUT2D eigenvalue weighted by molar-refractivity contribution is 5.92. The Balaban J connectivity index is 2.08. The van der Waals surface area contributed by atoms with Gasteiger partial charge in [-0.1, -0.05) is 0 Å². The molecule has 1 saturated heterocycles. The molecular weight excluding hydrogens is 362 g/mol. The molecule has 1 fully saturated rings. The highest BCUT2D eigenvalue weighted by atomic mass is 16.5. The van der Waals surface area contributed by atoms with Gasteiger partial charge in [0.1, 0.15) is 5.82 Å². The fraction of sp³-hybridized carbons (Fsp3) is 0.316. The van der Waals surface area contributed by atoms with E-state index in [2.05, 4.69) is 9.97 Å². The second-order valence-electron chi connectivity index (χ2n) is 5.08. The predicted molar refractivity (Wildman–Crippen MR) is 104 cm³/mol. The maximum absolute atomic E-state index is 13.1. The van der Waals surface area contributed by atoms with Gasteiger partial charge in [0.05, 0.1) is 47.8 Å². The van der Waals surface area contributed by atoms with Crippen LogP contribution in [0.15, 0.2) is 34.9 Å². The Labute approximate surface area is 187 Å². The van der Waals surface area contributed by atoms with Crippen molar-refractivity contribution in [1.82, 2.24) is 14.9 Å². The van der Waals surface area contributed by atoms with Gasteiger partial charge < -0.3 is 29.4 Å². The summed E-state index contributed by atoms with van der Waals surface area (Å²) < 4.78 is 160. The lowest BCUT2D eigenvalue weighted by Gasteiger charge is -2.34. The summed E-state index contributed by atoms with van der Waals surface area (Å²) in [5, 5.41) is -0.838. The number of rotatable bonds is 5. The SMILES string of the molecule is [2H]c1c(OC([2H])([2H])[2H])c(OC([2H])([2H])[2H])c([2H])c2c(N([2H])[2H])nc(N3C([2H])([2H])C([2H])([2H])N(C(=O)c4ccco4)C([2H])([2H])C3([2H])[2H])nc12. The number of furan rings is 1. The minimum atomic E-state index is -3.81. The maximum Gasteiger partial charge on any atom is 0.289 e. The Kier molecular flexibility index (Phi) is 1.70. The number of methoxy groups -OCH3 is 2. The Bertz CT molecular complexity index is 1650. The average Bonchev–Trinajstić information content (AvgIpc) is 3.41. The first-order valence-electron chi connectivity index (χ1n) is 16.3. The van der Waals surface area contributed by atoms with Gasteiger partial charge >= 0.3 is 0 Å². The number of amides is 1. The minimum Gasteiger partial charge on any atom is -0.493 e. The number of hydrogen-bond donors (Lipinski definition) is 1. The van der Waals surface area contributed by atoms with E-state index in [1.165, 1.54) is 6.07 Å². The highest BCUT2D eigenvalue weighted by Crippen LogP contribution is 2.34. The second-order valence-corrected chi connectivity index (χ2v) is 5.08. The van der Waals surface area contributed by atoms with Gasteiger partial charge in [0.25, 0.3) is 5.91 Å². The number of anilines is 2. The third-order valence-corrected chi connectivity index (χ3v) is 3.44. The van der Waals surface area contributed by atoms with Crippen LogP contribution in [0.3, 0.4) is 0 Å². The molecule has 146 valence electrons. The third-order valence-electron chi connectivity index (χ3n) is 3.44. The molecular formula is C19H21N5O4. The van der Waals surface area contributed by atoms with Crippen molar-refractivity contribution in [3.05, 3.63) is 36.2 Å². The maximum atomic E-state index is 13.1. The van der Waals surface area contributed by atoms with E-state index in [0.717, 1.165) is 12.3 Å². The Morgan fingerprint density at radius 3 is 2.75 bits per heavy atom. The molecule has 3 heterocycles. The summed E-state index contributed by atoms with van der Waals surface area (Å²) in [5.74, 6) is -7.06. The van der Waals surface area contributed by atoms with E-state index in [9.17, 15) is 4.79 Å². The van der Waals surface area contributed by atoms with E-state index in [4.69, 9.17) is 38.6 Å². The molecule has 9 nitrogen and oxygen atoms in total. The molecule has 3 aromatic rings. The fourth-order valence-electron chi connectivity index (χ4n) is 2.19. The molecule has 9 heteroatoms. The van der Waals surface area contributed by atoms with E-state index < -0.39 is 98.0 Å². The van der Waals surface area contributed by atoms with Crippen LogP contribution in [0.5, 0.6) is 11.5 Å². The highest BCUT2D eigenvalue weighted by Gasteiger charge is 2.25. The van der Waals surface area contributed by atoms with E-state index in [1.54, 1.807) is 0 Å². The molecule has 0 atom stereocenters. The number of ether oxygens (including phenoxy) is 2. The lowest BCUT2D eigenvalue weighted by molar-refractivity contribution is 0.0714. The summed E-state index contributed by atoms with van der Waals surface area (Å²) in [6.07, 6.45) is 0.980. The molecule has 2 N–H and O–H groups in total. The van der Waals surface area contributed by atoms with Gasteiger partial charge in [-0.2, -0.15) is 4.98 Å². The Morgan fingerprint density at radius 1 is 1.29 bits per heavy atom. The largest absolute Gasteiger partial charge is 0.493 e. The molecule has 28 heavy (non-hydrogen) atoms. The van der Waals surface area contributed by atoms with Gasteiger partial charge in [0, 0.05) is 37.4 Å². The molecule has 1 amide bonds. The van der Waals surface area contributed by atoms with Gasteiger partial charge in [0.15, 0.2) is 20.1 Å². The summed E-state index contributed by atoms with van der Waals surface area (Å²) in [5.41, 5.74) is -1.31. The van der Waals surface area contributed by atoms with Gasteiger partial charge in [-0.3, -0.25) is 4.79 Å². The number of carbonyl (C=O) groups is 1. The Morgan fingerprint density at radius 2 is 2.07 bits per heavy atom. The van der Waals surface area contributed by atoms with Crippen LogP contribution >= 0.6 is 0 Å². The number of nitrogen functional groups attached to an aromatic ring is 1. The minimum absolute atomic E-state index is 0.279. The van der Waals surface area contributed by atoms with Crippen molar-refractivity contribution in [3.63, 3.8) is 0 Å². The van der Waals surface area contributed by atoms with Crippen LogP contribution in [0.4, 0.5) is 11.8 Å². The number of nitrogens with zero attached hydrogens (tertiary/aromatic N) is 4. The zero-order valence-corrected chi connectivity index (χ0v) is 13.6. The molecule has 1 aromatic carbocycles. The number of benzene rings is 1. The molecule has 1 aliphatic rings. The summed E-state index contributed by atoms with van der Waals surface area (Å²) in [7, 11) is -6.75. The van der Waals surface area contributed by atoms with Crippen LogP contribution in [-0.2, 0) is 0 Å². The van der Waals surface area contributed by atoms with Crippen molar-refractivity contribution in [1.29, 1.82) is 0 Å². The molecule has 0 spiro atoms. The fourth-order valence-corrected chi connectivity index (χ4v) is 2.19. The third kappa shape index (κ3) is 3.15. The van der Waals surface area contributed by atoms with Crippen molar-refractivity contribution in [2.75, 3.05) is 50.7 Å². The van der Waals surface area contributed by atoms with Crippen molar-refractivity contribution in [3.8, 4) is 11.5 Å². The standard InChI is InChI=1S/C19H21N5O4/c1-26-15-10-12-13(11-16(15)27-2)21-19(22-17(12)20)24-7-5-23(6-8-24)18(25)14-4-3-9-28-14/h3-4,9-11H,5-8H2,1-2H3,(H2,20,21,22)/i1D3,2D3,5D2,6D2,7D2,8D2,10D,11D/hD2. The van der Waals surface area contributed by atoms with Crippen LogP contribution in [0.25, 0.3) is 10.9 Å². The molecule has 0 unspecified atom stereocenters. The van der Waals surface area contributed by atoms with E-state index in [1.807, 2.05) is 0 Å². The topological polar surface area (TPSA) is 107 Å². The first kappa shape index (κ1) is 6.54. The first-order chi connectivity index (χ1) is 20.7. The smallest absolute Gasteiger partial charge is 0.289 e. The predicted octanol–water partition coefficient (Wildman–Crippen LogP) is 1.78. The lowest BCUT2D eigenvalue weighted by Crippen LogP contribution is -2.49. The molecule has 1 aliphatic heterocycles. The summed E-state index contributed by atoms with van der Waals surface area (Å²) in [6.45, 7) is -15.2. The first-order valence-corrected chi connectivity index (χ1v) is 7.38. The van der Waals surface area contributed by atoms with Crippen molar-refractivity contribution in [2.45, 2.75) is 0 Å². The number of hydrogen-bond acceptors (Lipinski definition) is 8. The summed E-state index contributed by atoms with van der Waals surface area (Å²) >= 11 is 0. The van der Waals surface area contributed by atoms with Crippen LogP contribution in [0.1, 0.15) is 32.5 Å². The zero-order chi connectivity index (χ0) is 35.2. The molecule has 0 aliphatic carbocycles. The van der Waals surface area contributed by atoms with Gasteiger partial charge in [-0.05, 0) is 18.2 Å². The second kappa shape index (κ2) is 7.26. The van der Waals surface area contributed by atoms with E-state index in [-0.39, 0.29) is 15.5 Å². The lowest BCUT2D eigenvalue weighted by atomic mass is 10.2. The normalized spacial score (nSPS) is 31.7. The number of nitrogens with two attached hydrogens (primary N) is 1. The van der Waals surface area contributed by atoms with E-state index >= 15 is 0 Å². The molecule has 0 radical (unpaired) electrons. The molecule has 0 saturated carbocycles. The molecule has 2 aromatic heterocycles. The molecule has 4 rings (SSSR count). The average molecular weight is 402 g/mol. The van der Waals surface area contributed by atoms with Crippen LogP contribution in [0, 0.1) is 0 Å². The number of carbonyl (C=O) groups excluding carboxylic acids is 1. The number of piperazine rings is 1. The molecule has 0 bridgehead atoms.